The van der Waals surface area contributed by atoms with Crippen molar-refractivity contribution in [1.82, 2.24) is 0 Å². The molecule has 0 aliphatic rings. The normalized spacial score (nSPS) is 13.1. The van der Waals surface area contributed by atoms with E-state index < -0.39 is 51.8 Å². The molecule has 1 radical (unpaired) electrons. The predicted molar refractivity (Wildman–Crippen MR) is 127 cm³/mol. The summed E-state index contributed by atoms with van der Waals surface area (Å²) < 4.78 is 68.2. The Bertz CT molecular complexity index is 613. The summed E-state index contributed by atoms with van der Waals surface area (Å²) in [5, 5.41) is 43.5. The average Bonchev–Trinajstić information content (AvgIpc) is 2.78. The molecule has 0 spiro atoms. The first kappa shape index (κ1) is 54.5. The van der Waals surface area contributed by atoms with Gasteiger partial charge >= 0.3 is 29.6 Å². The van der Waals surface area contributed by atoms with Crippen LogP contribution in [-0.4, -0.2) is 97.9 Å². The number of carbonyl (C=O) groups excluding carboxylic acids is 1. The Morgan fingerprint density at radius 2 is 1.05 bits per heavy atom. The SMILES string of the molecule is C=C.O=CC(O)C(O)C(O)C(O)CO.O=S(=O)([O-])[O-].O=S(=O)([O-])[O-].[CH2-]CCCCCCCCCCC.[Cu].[Na+]. The molecular weight excluding hydrogens is 615 g/mol. The van der Waals surface area contributed by atoms with Crippen LogP contribution in [0.15, 0.2) is 13.2 Å². The second-order valence-corrected chi connectivity index (χ2v) is 8.49. The molecular formula is C20H41CuNaO14S2-4. The summed E-state index contributed by atoms with van der Waals surface area (Å²) in [6.45, 7) is 11.4. The Hall–Kier alpha value is 0.469. The van der Waals surface area contributed by atoms with E-state index in [9.17, 15) is 4.79 Å². The molecule has 233 valence electrons. The average molecular weight is 656 g/mol. The summed E-state index contributed by atoms with van der Waals surface area (Å²) in [6.07, 6.45) is 7.04. The maximum atomic E-state index is 9.90. The largest absolute Gasteiger partial charge is 1.00 e. The molecule has 0 bridgehead atoms. The number of carbonyl (C=O) groups is 1. The van der Waals surface area contributed by atoms with Crippen molar-refractivity contribution in [2.75, 3.05) is 6.61 Å². The first-order valence-corrected chi connectivity index (χ1v) is 13.5. The summed E-state index contributed by atoms with van der Waals surface area (Å²) in [6, 6.07) is 0. The van der Waals surface area contributed by atoms with Gasteiger partial charge in [-0.25, -0.2) is 0 Å². The zero-order valence-corrected chi connectivity index (χ0v) is 26.4. The maximum absolute atomic E-state index is 9.90. The van der Waals surface area contributed by atoms with Gasteiger partial charge in [-0.2, -0.15) is 6.42 Å². The van der Waals surface area contributed by atoms with Gasteiger partial charge in [0.05, 0.1) is 6.61 Å². The van der Waals surface area contributed by atoms with Crippen molar-refractivity contribution in [3.05, 3.63) is 20.1 Å². The van der Waals surface area contributed by atoms with E-state index in [1.165, 1.54) is 57.8 Å². The van der Waals surface area contributed by atoms with Crippen LogP contribution in [0.3, 0.4) is 0 Å². The molecule has 0 saturated heterocycles. The quantitative estimate of drug-likeness (QED) is 0.0231. The first-order valence-electron chi connectivity index (χ1n) is 10.9. The number of unbranched alkanes of at least 4 members (excludes halogenated alkanes) is 9. The number of hydrogen-bond acceptors (Lipinski definition) is 14. The van der Waals surface area contributed by atoms with Gasteiger partial charge in [-0.15, -0.1) is 13.2 Å². The molecule has 5 N–H and O–H groups in total. The third-order valence-electron chi connectivity index (χ3n) is 3.77. The summed E-state index contributed by atoms with van der Waals surface area (Å²) in [7, 11) is -10.3. The topological polar surface area (TPSA) is 279 Å². The summed E-state index contributed by atoms with van der Waals surface area (Å²) in [5.41, 5.74) is 0. The fourth-order valence-electron chi connectivity index (χ4n) is 2.11. The van der Waals surface area contributed by atoms with E-state index >= 15 is 0 Å². The van der Waals surface area contributed by atoms with Gasteiger partial charge in [-0.1, -0.05) is 64.7 Å². The van der Waals surface area contributed by atoms with Gasteiger partial charge in [0, 0.05) is 37.9 Å². The Morgan fingerprint density at radius 3 is 1.29 bits per heavy atom. The van der Waals surface area contributed by atoms with E-state index in [1.54, 1.807) is 0 Å². The fourth-order valence-corrected chi connectivity index (χ4v) is 2.11. The van der Waals surface area contributed by atoms with Crippen molar-refractivity contribution in [3.8, 4) is 0 Å². The summed E-state index contributed by atoms with van der Waals surface area (Å²) in [5.74, 6) is 0. The van der Waals surface area contributed by atoms with Crippen molar-refractivity contribution in [2.24, 2.45) is 0 Å². The number of aliphatic hydroxyl groups excluding tert-OH is 5. The maximum Gasteiger partial charge on any atom is 1.00 e. The molecule has 14 nitrogen and oxygen atoms in total. The number of aldehydes is 1. The van der Waals surface area contributed by atoms with E-state index in [0.29, 0.717) is 0 Å². The number of hydrogen-bond donors (Lipinski definition) is 5. The van der Waals surface area contributed by atoms with Gasteiger partial charge in [0.25, 0.3) is 0 Å². The van der Waals surface area contributed by atoms with Crippen LogP contribution >= 0.6 is 0 Å². The predicted octanol–water partition coefficient (Wildman–Crippen LogP) is -3.51. The molecule has 0 rings (SSSR count). The van der Waals surface area contributed by atoms with Crippen LogP contribution in [0.5, 0.6) is 0 Å². The van der Waals surface area contributed by atoms with Crippen LogP contribution in [0.4, 0.5) is 0 Å². The van der Waals surface area contributed by atoms with E-state index in [4.69, 9.17) is 60.6 Å². The van der Waals surface area contributed by atoms with Crippen LogP contribution in [0.1, 0.15) is 71.1 Å². The van der Waals surface area contributed by atoms with Crippen LogP contribution in [0, 0.1) is 6.92 Å². The van der Waals surface area contributed by atoms with Crippen LogP contribution < -0.4 is 29.6 Å². The van der Waals surface area contributed by atoms with E-state index in [0.717, 1.165) is 6.42 Å². The van der Waals surface area contributed by atoms with E-state index in [2.05, 4.69) is 27.0 Å². The fraction of sp³-hybridized carbons (Fsp3) is 0.800. The molecule has 0 heterocycles. The zero-order chi connectivity index (χ0) is 29.8. The van der Waals surface area contributed by atoms with Crippen LogP contribution in [0.2, 0.25) is 0 Å². The van der Waals surface area contributed by atoms with Gasteiger partial charge in [0.2, 0.25) is 0 Å². The molecule has 0 aromatic heterocycles. The molecule has 4 atom stereocenters. The van der Waals surface area contributed by atoms with Crippen molar-refractivity contribution in [2.45, 2.75) is 95.5 Å². The van der Waals surface area contributed by atoms with Crippen molar-refractivity contribution >= 4 is 27.1 Å². The molecule has 38 heavy (non-hydrogen) atoms. The third-order valence-corrected chi connectivity index (χ3v) is 3.77. The molecule has 18 heteroatoms. The molecule has 0 aliphatic carbocycles. The van der Waals surface area contributed by atoms with Gasteiger partial charge in [0.15, 0.2) is 6.29 Å². The Morgan fingerprint density at radius 1 is 0.763 bits per heavy atom. The van der Waals surface area contributed by atoms with Crippen molar-refractivity contribution in [1.29, 1.82) is 0 Å². The standard InChI is InChI=1S/C12H25.C6H12O6.C2H4.Cu.Na.2H2O4S/c1-3-5-7-9-11-12-10-8-6-4-2;7-1-3(9)5(11)6(12)4(10)2-8;1-2;;;2*1-5(2,3)4/h1,3-12H2,2H3;1,3-6,8-12H,2H2;1-2H2;;;2*(H2,1,2,3,4)/q-1;;;;+1;;/p-4. The smallest absolute Gasteiger partial charge is 0.759 e. The number of rotatable bonds is 14. The Labute approximate surface area is 259 Å². The second kappa shape index (κ2) is 37.5. The van der Waals surface area contributed by atoms with Crippen molar-refractivity contribution < 1.29 is 112 Å². The van der Waals surface area contributed by atoms with Crippen molar-refractivity contribution in [3.63, 3.8) is 0 Å². The Kier molecular flexibility index (Phi) is 53.8. The van der Waals surface area contributed by atoms with Crippen LogP contribution in [-0.2, 0) is 42.7 Å². The summed E-state index contributed by atoms with van der Waals surface area (Å²) >= 11 is 0. The van der Waals surface area contributed by atoms with Gasteiger partial charge in [-0.3, -0.25) is 16.8 Å². The minimum absolute atomic E-state index is 0. The monoisotopic (exact) mass is 655 g/mol. The van der Waals surface area contributed by atoms with Gasteiger partial charge in [-0.05, 0) is 0 Å². The number of aliphatic hydroxyl groups is 5. The van der Waals surface area contributed by atoms with Crippen LogP contribution in [0.25, 0.3) is 0 Å². The molecule has 0 aromatic rings. The molecule has 0 saturated carbocycles. The molecule has 4 unspecified atom stereocenters. The van der Waals surface area contributed by atoms with E-state index in [1.807, 2.05) is 0 Å². The van der Waals surface area contributed by atoms with Gasteiger partial charge < -0.3 is 55.5 Å². The first-order chi connectivity index (χ1) is 16.5. The summed E-state index contributed by atoms with van der Waals surface area (Å²) in [4.78, 5) is 9.90. The van der Waals surface area contributed by atoms with Gasteiger partial charge in [0.1, 0.15) is 24.4 Å². The minimum Gasteiger partial charge on any atom is -0.759 e. The van der Waals surface area contributed by atoms with E-state index in [-0.39, 0.29) is 52.9 Å². The molecule has 0 aromatic carbocycles. The molecule has 0 fully saturated rings. The zero-order valence-electron chi connectivity index (χ0n) is 21.8. The molecule has 0 aliphatic heterocycles. The Balaban J connectivity index is -0.0000000692. The minimum atomic E-state index is -5.17. The molecule has 0 amide bonds. The second-order valence-electron chi connectivity index (χ2n) is 6.86. The third kappa shape index (κ3) is 70.7.